The van der Waals surface area contributed by atoms with Crippen LogP contribution in [0.5, 0.6) is 0 Å². The highest BCUT2D eigenvalue weighted by Gasteiger charge is 2.31. The zero-order chi connectivity index (χ0) is 15.6. The molecule has 1 aromatic heterocycles. The maximum atomic E-state index is 12.8. The monoisotopic (exact) mass is 362 g/mol. The summed E-state index contributed by atoms with van der Waals surface area (Å²) in [6.45, 7) is 0. The predicted molar refractivity (Wildman–Crippen MR) is 75.7 cm³/mol. The molecule has 0 saturated carbocycles. The van der Waals surface area contributed by atoms with Gasteiger partial charge in [-0.25, -0.2) is 4.98 Å². The van der Waals surface area contributed by atoms with Gasteiger partial charge in [0, 0.05) is 24.0 Å². The van der Waals surface area contributed by atoms with E-state index in [2.05, 4.69) is 31.3 Å². The van der Waals surface area contributed by atoms with Crippen molar-refractivity contribution in [1.82, 2.24) is 20.1 Å². The van der Waals surface area contributed by atoms with Crippen molar-refractivity contribution in [3.63, 3.8) is 0 Å². The SMILES string of the molecule is CNC(Cc1ncnn1C)c1cc(C(F)(F)F)ccc1Br. The van der Waals surface area contributed by atoms with Crippen LogP contribution in [0.25, 0.3) is 0 Å². The number of rotatable bonds is 4. The van der Waals surface area contributed by atoms with Gasteiger partial charge in [-0.15, -0.1) is 0 Å². The fourth-order valence-corrected chi connectivity index (χ4v) is 2.57. The lowest BCUT2D eigenvalue weighted by atomic mass is 10.0. The second kappa shape index (κ2) is 6.15. The Morgan fingerprint density at radius 1 is 1.38 bits per heavy atom. The summed E-state index contributed by atoms with van der Waals surface area (Å²) in [5.74, 6) is 0.693. The van der Waals surface area contributed by atoms with Gasteiger partial charge in [-0.3, -0.25) is 4.68 Å². The molecule has 1 atom stereocenters. The van der Waals surface area contributed by atoms with E-state index >= 15 is 0 Å². The zero-order valence-corrected chi connectivity index (χ0v) is 13.0. The molecule has 2 aromatic rings. The molecule has 0 fully saturated rings. The van der Waals surface area contributed by atoms with E-state index in [4.69, 9.17) is 0 Å². The van der Waals surface area contributed by atoms with Crippen LogP contribution in [0.3, 0.4) is 0 Å². The summed E-state index contributed by atoms with van der Waals surface area (Å²) in [5.41, 5.74) is -0.130. The maximum Gasteiger partial charge on any atom is 0.416 e. The average molecular weight is 363 g/mol. The van der Waals surface area contributed by atoms with Crippen molar-refractivity contribution in [3.05, 3.63) is 46.0 Å². The molecule has 0 aliphatic carbocycles. The number of hydrogen-bond acceptors (Lipinski definition) is 3. The number of alkyl halides is 3. The molecule has 0 radical (unpaired) electrons. The molecular weight excluding hydrogens is 349 g/mol. The summed E-state index contributed by atoms with van der Waals surface area (Å²) >= 11 is 3.31. The Hall–Kier alpha value is -1.41. The number of aromatic nitrogens is 3. The van der Waals surface area contributed by atoms with Crippen LogP contribution in [-0.2, 0) is 19.6 Å². The summed E-state index contributed by atoms with van der Waals surface area (Å²) in [6.07, 6.45) is -2.51. The number of hydrogen-bond donors (Lipinski definition) is 1. The quantitative estimate of drug-likeness (QED) is 0.908. The van der Waals surface area contributed by atoms with E-state index in [1.54, 1.807) is 18.8 Å². The van der Waals surface area contributed by atoms with E-state index in [9.17, 15) is 13.2 Å². The van der Waals surface area contributed by atoms with Crippen LogP contribution >= 0.6 is 15.9 Å². The molecule has 0 bridgehead atoms. The Morgan fingerprint density at radius 3 is 2.62 bits per heavy atom. The van der Waals surface area contributed by atoms with Crippen LogP contribution in [0.4, 0.5) is 13.2 Å². The molecule has 1 N–H and O–H groups in total. The van der Waals surface area contributed by atoms with Crippen molar-refractivity contribution >= 4 is 15.9 Å². The standard InChI is InChI=1S/C13H14BrF3N4/c1-18-11(6-12-19-7-20-21(12)2)9-5-8(13(15,16)17)3-4-10(9)14/h3-5,7,11,18H,6H2,1-2H3. The van der Waals surface area contributed by atoms with Crippen molar-refractivity contribution in [2.75, 3.05) is 7.05 Å². The molecule has 0 spiro atoms. The third-order valence-electron chi connectivity index (χ3n) is 3.24. The van der Waals surface area contributed by atoms with Crippen LogP contribution < -0.4 is 5.32 Å². The first-order valence-electron chi connectivity index (χ1n) is 6.19. The molecule has 2 rings (SSSR count). The molecule has 0 aliphatic rings. The highest BCUT2D eigenvalue weighted by atomic mass is 79.9. The van der Waals surface area contributed by atoms with E-state index in [1.807, 2.05) is 0 Å². The molecular formula is C13H14BrF3N4. The Kier molecular flexibility index (Phi) is 4.67. The van der Waals surface area contributed by atoms with Crippen molar-refractivity contribution in [2.45, 2.75) is 18.6 Å². The first kappa shape index (κ1) is 16.0. The minimum atomic E-state index is -4.36. The summed E-state index contributed by atoms with van der Waals surface area (Å²) in [6, 6.07) is 3.33. The minimum absolute atomic E-state index is 0.301. The largest absolute Gasteiger partial charge is 0.416 e. The van der Waals surface area contributed by atoms with Crippen LogP contribution in [0, 0.1) is 0 Å². The third-order valence-corrected chi connectivity index (χ3v) is 3.96. The lowest BCUT2D eigenvalue weighted by Crippen LogP contribution is -2.22. The fourth-order valence-electron chi connectivity index (χ4n) is 2.04. The molecule has 0 aliphatic heterocycles. The molecule has 114 valence electrons. The molecule has 1 unspecified atom stereocenters. The molecule has 21 heavy (non-hydrogen) atoms. The Morgan fingerprint density at radius 2 is 2.10 bits per heavy atom. The Labute approximate surface area is 128 Å². The van der Waals surface area contributed by atoms with E-state index in [1.165, 1.54) is 12.4 Å². The van der Waals surface area contributed by atoms with Gasteiger partial charge in [0.25, 0.3) is 0 Å². The highest BCUT2D eigenvalue weighted by Crippen LogP contribution is 2.34. The van der Waals surface area contributed by atoms with Gasteiger partial charge in [0.05, 0.1) is 5.56 Å². The van der Waals surface area contributed by atoms with E-state index < -0.39 is 11.7 Å². The predicted octanol–water partition coefficient (Wildman–Crippen LogP) is 3.10. The van der Waals surface area contributed by atoms with Crippen molar-refractivity contribution in [1.29, 1.82) is 0 Å². The lowest BCUT2D eigenvalue weighted by molar-refractivity contribution is -0.137. The van der Waals surface area contributed by atoms with Crippen LogP contribution in [0.15, 0.2) is 29.0 Å². The van der Waals surface area contributed by atoms with Crippen LogP contribution in [0.2, 0.25) is 0 Å². The van der Waals surface area contributed by atoms with Gasteiger partial charge in [0.15, 0.2) is 0 Å². The molecule has 1 heterocycles. The van der Waals surface area contributed by atoms with Crippen LogP contribution in [-0.4, -0.2) is 21.8 Å². The minimum Gasteiger partial charge on any atom is -0.313 e. The maximum absolute atomic E-state index is 12.8. The summed E-state index contributed by atoms with van der Waals surface area (Å²) in [5, 5.41) is 6.99. The number of likely N-dealkylation sites (N-methyl/N-ethyl adjacent to an activating group) is 1. The molecule has 0 saturated heterocycles. The highest BCUT2D eigenvalue weighted by molar-refractivity contribution is 9.10. The summed E-state index contributed by atoms with van der Waals surface area (Å²) in [7, 11) is 3.45. The van der Waals surface area contributed by atoms with Gasteiger partial charge in [-0.05, 0) is 30.8 Å². The molecule has 8 heteroatoms. The molecule has 1 aromatic carbocycles. The second-order valence-corrected chi connectivity index (χ2v) is 5.43. The Bertz CT molecular complexity index is 624. The third kappa shape index (κ3) is 3.62. The summed E-state index contributed by atoms with van der Waals surface area (Å²) in [4.78, 5) is 4.10. The van der Waals surface area contributed by atoms with Crippen LogP contribution in [0.1, 0.15) is 23.0 Å². The van der Waals surface area contributed by atoms with Crippen molar-refractivity contribution in [2.24, 2.45) is 7.05 Å². The van der Waals surface area contributed by atoms with E-state index in [0.29, 0.717) is 22.3 Å². The zero-order valence-electron chi connectivity index (χ0n) is 11.4. The Balaban J connectivity index is 2.35. The number of halogens is 4. The van der Waals surface area contributed by atoms with Crippen molar-refractivity contribution < 1.29 is 13.2 Å². The number of nitrogens with zero attached hydrogens (tertiary/aromatic N) is 3. The van der Waals surface area contributed by atoms with Crippen molar-refractivity contribution in [3.8, 4) is 0 Å². The lowest BCUT2D eigenvalue weighted by Gasteiger charge is -2.19. The van der Waals surface area contributed by atoms with Gasteiger partial charge in [0.2, 0.25) is 0 Å². The topological polar surface area (TPSA) is 42.7 Å². The normalized spacial score (nSPS) is 13.4. The van der Waals surface area contributed by atoms with Gasteiger partial charge in [0.1, 0.15) is 12.2 Å². The van der Waals surface area contributed by atoms with Gasteiger partial charge in [-0.2, -0.15) is 18.3 Å². The number of aryl methyl sites for hydroxylation is 1. The fraction of sp³-hybridized carbons (Fsp3) is 0.385. The first-order valence-corrected chi connectivity index (χ1v) is 6.99. The van der Waals surface area contributed by atoms with Gasteiger partial charge in [-0.1, -0.05) is 15.9 Å². The molecule has 4 nitrogen and oxygen atoms in total. The molecule has 0 amide bonds. The number of nitrogens with one attached hydrogen (secondary N) is 1. The van der Waals surface area contributed by atoms with E-state index in [-0.39, 0.29) is 6.04 Å². The number of benzene rings is 1. The second-order valence-electron chi connectivity index (χ2n) is 4.58. The first-order chi connectivity index (χ1) is 9.82. The van der Waals surface area contributed by atoms with Gasteiger partial charge < -0.3 is 5.32 Å². The average Bonchev–Trinajstić information content (AvgIpc) is 2.81. The van der Waals surface area contributed by atoms with E-state index in [0.717, 1.165) is 12.1 Å². The summed E-state index contributed by atoms with van der Waals surface area (Å²) < 4.78 is 40.8. The smallest absolute Gasteiger partial charge is 0.313 e. The van der Waals surface area contributed by atoms with Gasteiger partial charge >= 0.3 is 6.18 Å².